The second-order valence-electron chi connectivity index (χ2n) is 3.75. The maximum atomic E-state index is 12.1. The lowest BCUT2D eigenvalue weighted by Crippen LogP contribution is -2.33. The summed E-state index contributed by atoms with van der Waals surface area (Å²) in [4.78, 5) is 0. The molecule has 1 aromatic rings. The van der Waals surface area contributed by atoms with Crippen LogP contribution in [0, 0.1) is 0 Å². The first-order valence-corrected chi connectivity index (χ1v) is 9.09. The monoisotopic (exact) mass is 478 g/mol. The van der Waals surface area contributed by atoms with Gasteiger partial charge in [0, 0.05) is 33.6 Å². The van der Waals surface area contributed by atoms with Gasteiger partial charge in [-0.3, -0.25) is 4.72 Å². The van der Waals surface area contributed by atoms with E-state index in [0.717, 1.165) is 8.78 Å². The van der Waals surface area contributed by atoms with Crippen LogP contribution in [0.15, 0.2) is 25.6 Å². The Balaban J connectivity index is 2.96. The predicted octanol–water partition coefficient (Wildman–Crippen LogP) is 2.95. The van der Waals surface area contributed by atoms with Crippen LogP contribution in [-0.2, 0) is 10.2 Å². The van der Waals surface area contributed by atoms with Crippen molar-refractivity contribution >= 4 is 63.7 Å². The van der Waals surface area contributed by atoms with Gasteiger partial charge in [0.25, 0.3) is 0 Å². The van der Waals surface area contributed by atoms with Gasteiger partial charge in [0.1, 0.15) is 0 Å². The number of nitrogens with zero attached hydrogens (tertiary/aromatic N) is 1. The molecule has 5 nitrogen and oxygen atoms in total. The van der Waals surface area contributed by atoms with Gasteiger partial charge < -0.3 is 5.11 Å². The van der Waals surface area contributed by atoms with Crippen molar-refractivity contribution in [2.45, 2.75) is 6.42 Å². The average Bonchev–Trinajstić information content (AvgIpc) is 2.30. The van der Waals surface area contributed by atoms with Gasteiger partial charge in [-0.15, -0.1) is 0 Å². The minimum Gasteiger partial charge on any atom is -0.396 e. The van der Waals surface area contributed by atoms with Crippen LogP contribution in [0.4, 0.5) is 5.69 Å². The largest absolute Gasteiger partial charge is 0.396 e. The summed E-state index contributed by atoms with van der Waals surface area (Å²) < 4.78 is 29.9. The molecule has 0 atom stereocenters. The Morgan fingerprint density at radius 3 is 2.26 bits per heavy atom. The Morgan fingerprint density at radius 1 is 1.26 bits per heavy atom. The number of aliphatic hydroxyl groups excluding tert-OH is 1. The Labute approximate surface area is 137 Å². The molecule has 0 amide bonds. The van der Waals surface area contributed by atoms with E-state index in [1.807, 2.05) is 0 Å². The number of halogens is 3. The predicted molar refractivity (Wildman–Crippen MR) is 86.4 cm³/mol. The molecule has 108 valence electrons. The highest BCUT2D eigenvalue weighted by molar-refractivity contribution is 9.11. The highest BCUT2D eigenvalue weighted by Gasteiger charge is 2.20. The van der Waals surface area contributed by atoms with E-state index in [1.54, 1.807) is 12.1 Å². The van der Waals surface area contributed by atoms with Crippen molar-refractivity contribution < 1.29 is 13.5 Å². The number of rotatable bonds is 6. The van der Waals surface area contributed by atoms with Gasteiger partial charge in [-0.25, -0.2) is 0 Å². The zero-order valence-electron chi connectivity index (χ0n) is 10.0. The van der Waals surface area contributed by atoms with Gasteiger partial charge in [0.05, 0.1) is 5.69 Å². The Bertz CT molecular complexity index is 528. The summed E-state index contributed by atoms with van der Waals surface area (Å²) in [6, 6.07) is 3.49. The third-order valence-corrected chi connectivity index (χ3v) is 5.45. The van der Waals surface area contributed by atoms with Gasteiger partial charge in [0.2, 0.25) is 0 Å². The molecule has 0 fully saturated rings. The maximum absolute atomic E-state index is 12.1. The van der Waals surface area contributed by atoms with Gasteiger partial charge >= 0.3 is 10.2 Å². The Morgan fingerprint density at radius 2 is 1.79 bits per heavy atom. The highest BCUT2D eigenvalue weighted by atomic mass is 79.9. The molecule has 0 bridgehead atoms. The molecule has 0 aliphatic rings. The molecule has 0 heterocycles. The Hall–Kier alpha value is 0.330. The van der Waals surface area contributed by atoms with Gasteiger partial charge in [0.15, 0.2) is 0 Å². The minimum absolute atomic E-state index is 0.0501. The quantitative estimate of drug-likeness (QED) is 0.657. The van der Waals surface area contributed by atoms with Crippen LogP contribution in [0.5, 0.6) is 0 Å². The molecule has 9 heteroatoms. The van der Waals surface area contributed by atoms with E-state index in [4.69, 9.17) is 5.11 Å². The molecule has 0 aromatic heterocycles. The average molecular weight is 481 g/mol. The summed E-state index contributed by atoms with van der Waals surface area (Å²) >= 11 is 9.93. The second kappa shape index (κ2) is 7.37. The molecule has 0 spiro atoms. The van der Waals surface area contributed by atoms with Crippen LogP contribution in [0.1, 0.15) is 6.42 Å². The summed E-state index contributed by atoms with van der Waals surface area (Å²) in [5.74, 6) is 0. The zero-order valence-corrected chi connectivity index (χ0v) is 15.6. The number of nitrogens with one attached hydrogen (secondary N) is 1. The number of anilines is 1. The minimum atomic E-state index is -3.65. The molecule has 1 rings (SSSR count). The van der Waals surface area contributed by atoms with Crippen LogP contribution >= 0.6 is 47.8 Å². The molecule has 0 aliphatic heterocycles. The van der Waals surface area contributed by atoms with Gasteiger partial charge in [-0.2, -0.15) is 12.7 Å². The first kappa shape index (κ1) is 17.4. The zero-order chi connectivity index (χ0) is 14.6. The van der Waals surface area contributed by atoms with E-state index in [2.05, 4.69) is 52.5 Å². The van der Waals surface area contributed by atoms with E-state index in [9.17, 15) is 8.42 Å². The standard InChI is InChI=1S/C10H13Br3N2O3S/c1-15(3-2-4-16)19(17,18)14-10-8(12)5-7(11)6-9(10)13/h5-6,14,16H,2-4H2,1H3. The van der Waals surface area contributed by atoms with Crippen LogP contribution in [0.25, 0.3) is 0 Å². The van der Waals surface area contributed by atoms with E-state index in [-0.39, 0.29) is 13.2 Å². The van der Waals surface area contributed by atoms with Crippen molar-refractivity contribution in [2.75, 3.05) is 24.9 Å². The lowest BCUT2D eigenvalue weighted by molar-refractivity contribution is 0.276. The van der Waals surface area contributed by atoms with Crippen LogP contribution in [-0.4, -0.2) is 38.0 Å². The van der Waals surface area contributed by atoms with E-state index in [1.165, 1.54) is 7.05 Å². The molecule has 0 radical (unpaired) electrons. The number of hydrogen-bond acceptors (Lipinski definition) is 3. The molecular formula is C10H13Br3N2O3S. The van der Waals surface area contributed by atoms with E-state index < -0.39 is 10.2 Å². The van der Waals surface area contributed by atoms with Crippen molar-refractivity contribution in [1.82, 2.24) is 4.31 Å². The van der Waals surface area contributed by atoms with Gasteiger partial charge in [-0.1, -0.05) is 15.9 Å². The third-order valence-electron chi connectivity index (χ3n) is 2.28. The molecule has 0 saturated heterocycles. The SMILES string of the molecule is CN(CCCO)S(=O)(=O)Nc1c(Br)cc(Br)cc1Br. The number of aliphatic hydroxyl groups is 1. The first-order chi connectivity index (χ1) is 8.77. The van der Waals surface area contributed by atoms with E-state index in [0.29, 0.717) is 21.1 Å². The molecule has 0 aliphatic carbocycles. The van der Waals surface area contributed by atoms with Crippen molar-refractivity contribution in [3.63, 3.8) is 0 Å². The lowest BCUT2D eigenvalue weighted by Gasteiger charge is -2.19. The molecule has 0 saturated carbocycles. The molecule has 2 N–H and O–H groups in total. The second-order valence-corrected chi connectivity index (χ2v) is 8.15. The van der Waals surface area contributed by atoms with Crippen molar-refractivity contribution in [1.29, 1.82) is 0 Å². The van der Waals surface area contributed by atoms with Crippen LogP contribution < -0.4 is 4.72 Å². The summed E-state index contributed by atoms with van der Waals surface area (Å²) in [6.45, 7) is 0.198. The maximum Gasteiger partial charge on any atom is 0.301 e. The summed E-state index contributed by atoms with van der Waals surface area (Å²) in [6.07, 6.45) is 0.389. The number of hydrogen-bond donors (Lipinski definition) is 2. The summed E-state index contributed by atoms with van der Waals surface area (Å²) in [7, 11) is -2.19. The van der Waals surface area contributed by atoms with Crippen molar-refractivity contribution in [3.05, 3.63) is 25.6 Å². The lowest BCUT2D eigenvalue weighted by atomic mass is 10.3. The van der Waals surface area contributed by atoms with E-state index >= 15 is 0 Å². The third kappa shape index (κ3) is 4.98. The Kier molecular flexibility index (Phi) is 6.74. The fourth-order valence-corrected chi connectivity index (χ4v) is 4.98. The van der Waals surface area contributed by atoms with Crippen molar-refractivity contribution in [3.8, 4) is 0 Å². The first-order valence-electron chi connectivity index (χ1n) is 5.27. The number of benzene rings is 1. The highest BCUT2D eigenvalue weighted by Crippen LogP contribution is 2.35. The molecule has 0 unspecified atom stereocenters. The van der Waals surface area contributed by atoms with Crippen LogP contribution in [0.3, 0.4) is 0 Å². The fourth-order valence-electron chi connectivity index (χ4n) is 1.26. The fraction of sp³-hybridized carbons (Fsp3) is 0.400. The molecule has 19 heavy (non-hydrogen) atoms. The van der Waals surface area contributed by atoms with Gasteiger partial charge in [-0.05, 0) is 50.4 Å². The summed E-state index contributed by atoms with van der Waals surface area (Å²) in [5.41, 5.74) is 0.430. The molecule has 1 aromatic carbocycles. The normalized spacial score (nSPS) is 11.9. The molecular weight excluding hydrogens is 468 g/mol. The van der Waals surface area contributed by atoms with Crippen molar-refractivity contribution in [2.24, 2.45) is 0 Å². The smallest absolute Gasteiger partial charge is 0.301 e. The topological polar surface area (TPSA) is 69.6 Å². The summed E-state index contributed by atoms with van der Waals surface area (Å²) in [5, 5.41) is 8.73. The van der Waals surface area contributed by atoms with Crippen LogP contribution in [0.2, 0.25) is 0 Å².